The van der Waals surface area contributed by atoms with Gasteiger partial charge in [-0.05, 0) is 62.1 Å². The van der Waals surface area contributed by atoms with Gasteiger partial charge in [-0.3, -0.25) is 9.59 Å². The predicted octanol–water partition coefficient (Wildman–Crippen LogP) is 5.24. The molecule has 1 N–H and O–H groups in total. The molecule has 0 radical (unpaired) electrons. The summed E-state index contributed by atoms with van der Waals surface area (Å²) in [6.45, 7) is 3.19. The number of rotatable bonds is 12. The number of hydrogen-bond acceptors (Lipinski definition) is 6. The van der Waals surface area contributed by atoms with Gasteiger partial charge in [-0.25, -0.2) is 0 Å². The van der Waals surface area contributed by atoms with Crippen molar-refractivity contribution in [3.8, 4) is 23.0 Å². The Morgan fingerprint density at radius 1 is 1.00 bits per heavy atom. The summed E-state index contributed by atoms with van der Waals surface area (Å²) in [5, 5.41) is 10.5. The Morgan fingerprint density at radius 3 is 2.32 bits per heavy atom. The molecule has 3 rings (SSSR count). The fraction of sp³-hybridized carbons (Fsp3) is 0.440. The van der Waals surface area contributed by atoms with Crippen molar-refractivity contribution >= 4 is 12.3 Å². The molecule has 0 heterocycles. The minimum Gasteiger partial charge on any atom is -0.507 e. The maximum absolute atomic E-state index is 12.5. The molecule has 0 atom stereocenters. The van der Waals surface area contributed by atoms with E-state index in [0.29, 0.717) is 60.4 Å². The minimum atomic E-state index is 0.0157. The molecular formula is C25H30O6. The molecule has 6 nitrogen and oxygen atoms in total. The molecular weight excluding hydrogens is 396 g/mol. The van der Waals surface area contributed by atoms with Gasteiger partial charge in [0.05, 0.1) is 18.8 Å². The first-order chi connectivity index (χ1) is 15.1. The molecule has 1 fully saturated rings. The van der Waals surface area contributed by atoms with Crippen LogP contribution in [0.2, 0.25) is 0 Å². The van der Waals surface area contributed by atoms with Gasteiger partial charge in [0.25, 0.3) is 6.47 Å². The van der Waals surface area contributed by atoms with Crippen molar-refractivity contribution in [3.05, 3.63) is 47.5 Å². The average Bonchev–Trinajstić information content (AvgIpc) is 3.27. The first-order valence-corrected chi connectivity index (χ1v) is 10.9. The van der Waals surface area contributed by atoms with Gasteiger partial charge < -0.3 is 19.3 Å². The minimum absolute atomic E-state index is 0.0157. The second kappa shape index (κ2) is 11.4. The fourth-order valence-electron chi connectivity index (χ4n) is 3.90. The molecule has 1 aliphatic rings. The Balaban J connectivity index is 1.40. The number of hydrogen-bond donors (Lipinski definition) is 1. The lowest BCUT2D eigenvalue weighted by atomic mass is 9.95. The lowest BCUT2D eigenvalue weighted by molar-refractivity contribution is -0.120. The van der Waals surface area contributed by atoms with E-state index in [1.54, 1.807) is 43.3 Å². The number of ether oxygens (including phenoxy) is 3. The highest BCUT2D eigenvalue weighted by Gasteiger charge is 2.22. The van der Waals surface area contributed by atoms with E-state index < -0.39 is 0 Å². The average molecular weight is 427 g/mol. The molecule has 0 amide bonds. The van der Waals surface area contributed by atoms with Crippen molar-refractivity contribution in [2.75, 3.05) is 13.2 Å². The van der Waals surface area contributed by atoms with Crippen LogP contribution in [-0.2, 0) is 4.79 Å². The summed E-state index contributed by atoms with van der Waals surface area (Å²) >= 11 is 0. The maximum atomic E-state index is 12.5. The van der Waals surface area contributed by atoms with Gasteiger partial charge >= 0.3 is 0 Å². The van der Waals surface area contributed by atoms with Crippen molar-refractivity contribution in [2.24, 2.45) is 5.92 Å². The van der Waals surface area contributed by atoms with E-state index >= 15 is 0 Å². The Kier molecular flexibility index (Phi) is 8.33. The molecule has 0 bridgehead atoms. The van der Waals surface area contributed by atoms with Crippen LogP contribution in [0.4, 0.5) is 0 Å². The van der Waals surface area contributed by atoms with Gasteiger partial charge in [0.1, 0.15) is 23.0 Å². The van der Waals surface area contributed by atoms with Crippen LogP contribution in [0.5, 0.6) is 23.0 Å². The van der Waals surface area contributed by atoms with Crippen LogP contribution in [-0.4, -0.2) is 30.6 Å². The number of ketones is 1. The Morgan fingerprint density at radius 2 is 1.65 bits per heavy atom. The van der Waals surface area contributed by atoms with Gasteiger partial charge in [-0.1, -0.05) is 25.7 Å². The number of carbonyl (C=O) groups excluding carboxylic acids is 2. The molecule has 0 aromatic heterocycles. The number of phenolic OH excluding ortho intramolecular Hbond substituents is 1. The van der Waals surface area contributed by atoms with Crippen molar-refractivity contribution in [1.82, 2.24) is 0 Å². The largest absolute Gasteiger partial charge is 0.507 e. The molecule has 0 spiro atoms. The quantitative estimate of drug-likeness (QED) is 0.284. The fourth-order valence-corrected chi connectivity index (χ4v) is 3.90. The smallest absolute Gasteiger partial charge is 0.298 e. The van der Waals surface area contributed by atoms with E-state index in [-0.39, 0.29) is 11.5 Å². The number of unbranched alkanes of at least 4 members (excludes halogenated alkanes) is 1. The number of benzene rings is 2. The zero-order valence-electron chi connectivity index (χ0n) is 18.0. The topological polar surface area (TPSA) is 82.1 Å². The van der Waals surface area contributed by atoms with E-state index in [1.807, 2.05) is 0 Å². The zero-order chi connectivity index (χ0) is 22.1. The number of aromatic hydroxyl groups is 1. The van der Waals surface area contributed by atoms with Crippen LogP contribution in [0.1, 0.15) is 60.9 Å². The molecule has 166 valence electrons. The van der Waals surface area contributed by atoms with Gasteiger partial charge in [-0.2, -0.15) is 0 Å². The summed E-state index contributed by atoms with van der Waals surface area (Å²) in [5.74, 6) is 2.28. The van der Waals surface area contributed by atoms with Crippen molar-refractivity contribution in [1.29, 1.82) is 0 Å². The van der Waals surface area contributed by atoms with Crippen LogP contribution in [0, 0.1) is 12.8 Å². The van der Waals surface area contributed by atoms with Gasteiger partial charge in [0, 0.05) is 12.0 Å². The van der Waals surface area contributed by atoms with Crippen molar-refractivity contribution in [2.45, 2.75) is 51.9 Å². The Hall–Kier alpha value is -3.02. The summed E-state index contributed by atoms with van der Waals surface area (Å²) in [5.41, 5.74) is 1.00. The predicted molar refractivity (Wildman–Crippen MR) is 117 cm³/mol. The molecule has 0 aliphatic heterocycles. The third-order valence-electron chi connectivity index (χ3n) is 5.70. The van der Waals surface area contributed by atoms with E-state index in [4.69, 9.17) is 14.2 Å². The molecule has 2 aromatic rings. The molecule has 1 aliphatic carbocycles. The Bertz CT molecular complexity index is 868. The van der Waals surface area contributed by atoms with E-state index in [9.17, 15) is 14.7 Å². The molecule has 6 heteroatoms. The Labute approximate surface area is 183 Å². The zero-order valence-corrected chi connectivity index (χ0v) is 18.0. The van der Waals surface area contributed by atoms with Crippen LogP contribution < -0.4 is 14.2 Å². The molecule has 31 heavy (non-hydrogen) atoms. The van der Waals surface area contributed by atoms with E-state index in [2.05, 4.69) is 0 Å². The SMILES string of the molecule is Cc1c(OCCCCOc2ccc(OC=O)cc2)ccc(C(=O)CC2CCCC2)c1O. The summed E-state index contributed by atoms with van der Waals surface area (Å²) in [4.78, 5) is 22.8. The van der Waals surface area contributed by atoms with Crippen molar-refractivity contribution in [3.63, 3.8) is 0 Å². The first kappa shape index (κ1) is 22.7. The third-order valence-corrected chi connectivity index (χ3v) is 5.70. The monoisotopic (exact) mass is 426 g/mol. The highest BCUT2D eigenvalue weighted by atomic mass is 16.5. The lowest BCUT2D eigenvalue weighted by Gasteiger charge is -2.14. The van der Waals surface area contributed by atoms with Gasteiger partial charge in [-0.15, -0.1) is 0 Å². The standard InChI is InChI=1S/C25H30O6/c1-18-24(13-12-22(25(18)28)23(27)16-19-6-2-3-7-19)30-15-5-4-14-29-20-8-10-21(11-9-20)31-17-26/h8-13,17,19,28H,2-7,14-16H2,1H3. The van der Waals surface area contributed by atoms with Crippen LogP contribution >= 0.6 is 0 Å². The van der Waals surface area contributed by atoms with Gasteiger partial charge in [0.15, 0.2) is 5.78 Å². The summed E-state index contributed by atoms with van der Waals surface area (Å²) in [6, 6.07) is 10.3. The molecule has 2 aromatic carbocycles. The first-order valence-electron chi connectivity index (χ1n) is 10.9. The van der Waals surface area contributed by atoms with E-state index in [0.717, 1.165) is 25.7 Å². The summed E-state index contributed by atoms with van der Waals surface area (Å²) in [7, 11) is 0. The molecule has 1 saturated carbocycles. The van der Waals surface area contributed by atoms with Crippen molar-refractivity contribution < 1.29 is 28.9 Å². The second-order valence-electron chi connectivity index (χ2n) is 7.95. The van der Waals surface area contributed by atoms with Crippen LogP contribution in [0.3, 0.4) is 0 Å². The molecule has 0 saturated heterocycles. The molecule has 0 unspecified atom stereocenters. The number of Topliss-reactive ketones (excluding diaryl/α,β-unsaturated/α-hetero) is 1. The normalized spacial score (nSPS) is 13.7. The maximum Gasteiger partial charge on any atom is 0.298 e. The summed E-state index contributed by atoms with van der Waals surface area (Å²) in [6.07, 6.45) is 6.71. The highest BCUT2D eigenvalue weighted by molar-refractivity contribution is 5.99. The summed E-state index contributed by atoms with van der Waals surface area (Å²) < 4.78 is 16.2. The third kappa shape index (κ3) is 6.48. The van der Waals surface area contributed by atoms with Crippen LogP contribution in [0.15, 0.2) is 36.4 Å². The number of phenols is 1. The van der Waals surface area contributed by atoms with E-state index in [1.165, 1.54) is 12.8 Å². The highest BCUT2D eigenvalue weighted by Crippen LogP contribution is 2.34. The van der Waals surface area contributed by atoms with Gasteiger partial charge in [0.2, 0.25) is 0 Å². The van der Waals surface area contributed by atoms with Crippen LogP contribution in [0.25, 0.3) is 0 Å². The lowest BCUT2D eigenvalue weighted by Crippen LogP contribution is -2.08. The number of carbonyl (C=O) groups is 2. The second-order valence-corrected chi connectivity index (χ2v) is 7.95.